The van der Waals surface area contributed by atoms with Gasteiger partial charge in [0.15, 0.2) is 0 Å². The number of carbonyl (C=O) groups is 1. The average molecular weight is 389 g/mol. The van der Waals surface area contributed by atoms with E-state index in [1.807, 2.05) is 23.1 Å². The molecule has 1 aromatic heterocycles. The molecule has 4 rings (SSSR count). The number of hydrogen-bond acceptors (Lipinski definition) is 3. The number of carbonyl (C=O) groups excluding carboxylic acids is 1. The first-order chi connectivity index (χ1) is 13.0. The second-order valence-electron chi connectivity index (χ2n) is 8.29. The van der Waals surface area contributed by atoms with Gasteiger partial charge in [-0.1, -0.05) is 31.9 Å². The number of halogens is 1. The van der Waals surface area contributed by atoms with Crippen LogP contribution in [0.5, 0.6) is 0 Å². The number of aromatic nitrogens is 1. The van der Waals surface area contributed by atoms with Crippen molar-refractivity contribution in [2.45, 2.75) is 58.0 Å². The highest BCUT2D eigenvalue weighted by Gasteiger charge is 2.56. The van der Waals surface area contributed by atoms with E-state index in [-0.39, 0.29) is 17.4 Å². The molecule has 2 heterocycles. The first-order valence-electron chi connectivity index (χ1n) is 10.1. The van der Waals surface area contributed by atoms with Crippen LogP contribution in [0.2, 0.25) is 5.02 Å². The number of likely N-dealkylation sites (tertiary alicyclic amines) is 1. The number of amides is 1. The van der Waals surface area contributed by atoms with Gasteiger partial charge in [0.1, 0.15) is 5.69 Å². The van der Waals surface area contributed by atoms with Crippen LogP contribution in [0.25, 0.3) is 10.9 Å². The molecule has 3 atom stereocenters. The fraction of sp³-hybridized carbons (Fsp3) is 0.571. The van der Waals surface area contributed by atoms with Crippen LogP contribution in [0, 0.1) is 5.41 Å². The fourth-order valence-corrected chi connectivity index (χ4v) is 4.70. The number of H-pyrrole nitrogens is 1. The Hall–Kier alpha value is -1.72. The second-order valence-corrected chi connectivity index (χ2v) is 8.72. The molecule has 27 heavy (non-hydrogen) atoms. The Bertz CT molecular complexity index is 863. The molecular weight excluding hydrogens is 360 g/mol. The lowest BCUT2D eigenvalue weighted by Crippen LogP contribution is -2.30. The van der Waals surface area contributed by atoms with Gasteiger partial charge < -0.3 is 20.9 Å². The zero-order valence-corrected chi connectivity index (χ0v) is 16.9. The number of benzene rings is 1. The van der Waals surface area contributed by atoms with Crippen LogP contribution in [0.15, 0.2) is 18.2 Å². The summed E-state index contributed by atoms with van der Waals surface area (Å²) in [5.41, 5.74) is 8.82. The molecule has 1 spiro atoms. The van der Waals surface area contributed by atoms with Crippen LogP contribution in [0.4, 0.5) is 5.69 Å². The van der Waals surface area contributed by atoms with Crippen molar-refractivity contribution in [3.8, 4) is 0 Å². The predicted molar refractivity (Wildman–Crippen MR) is 111 cm³/mol. The average Bonchev–Trinajstić information content (AvgIpc) is 3.01. The molecule has 4 N–H and O–H groups in total. The van der Waals surface area contributed by atoms with Crippen LogP contribution >= 0.6 is 11.6 Å². The molecule has 2 aliphatic rings. The summed E-state index contributed by atoms with van der Waals surface area (Å²) < 4.78 is 0. The molecule has 1 aromatic carbocycles. The van der Waals surface area contributed by atoms with E-state index in [2.05, 4.69) is 24.1 Å². The molecule has 2 unspecified atom stereocenters. The van der Waals surface area contributed by atoms with Crippen molar-refractivity contribution in [2.24, 2.45) is 11.1 Å². The van der Waals surface area contributed by atoms with Crippen molar-refractivity contribution in [3.05, 3.63) is 28.9 Å². The number of aromatic amines is 1. The van der Waals surface area contributed by atoms with Crippen molar-refractivity contribution in [1.82, 2.24) is 9.88 Å². The van der Waals surface area contributed by atoms with E-state index in [0.29, 0.717) is 16.8 Å². The quantitative estimate of drug-likeness (QED) is 0.687. The van der Waals surface area contributed by atoms with E-state index in [9.17, 15) is 4.79 Å². The monoisotopic (exact) mass is 388 g/mol. The molecule has 1 saturated carbocycles. The van der Waals surface area contributed by atoms with E-state index in [1.54, 1.807) is 0 Å². The van der Waals surface area contributed by atoms with Gasteiger partial charge in [-0.25, -0.2) is 0 Å². The van der Waals surface area contributed by atoms with Crippen LogP contribution in [0.3, 0.4) is 0 Å². The number of fused-ring (bicyclic) bond motifs is 1. The van der Waals surface area contributed by atoms with Crippen LogP contribution in [-0.2, 0) is 0 Å². The van der Waals surface area contributed by atoms with Gasteiger partial charge in [-0.3, -0.25) is 4.79 Å². The zero-order valence-electron chi connectivity index (χ0n) is 16.1. The van der Waals surface area contributed by atoms with Gasteiger partial charge in [-0.2, -0.15) is 0 Å². The van der Waals surface area contributed by atoms with Gasteiger partial charge in [0.25, 0.3) is 5.91 Å². The van der Waals surface area contributed by atoms with Gasteiger partial charge in [0, 0.05) is 41.0 Å². The SMILES string of the molecule is CCCC(CC)Nc1cc(Cl)cc2cc(C(=O)N3CC[C@@]4(CC4N)C3)[nH]c12. The maximum atomic E-state index is 13.0. The summed E-state index contributed by atoms with van der Waals surface area (Å²) in [5, 5.41) is 5.26. The Morgan fingerprint density at radius 2 is 2.22 bits per heavy atom. The Labute approximate surface area is 165 Å². The topological polar surface area (TPSA) is 74.2 Å². The van der Waals surface area contributed by atoms with Crippen molar-refractivity contribution >= 4 is 34.1 Å². The Morgan fingerprint density at radius 3 is 2.85 bits per heavy atom. The lowest BCUT2D eigenvalue weighted by atomic mass is 10.1. The third kappa shape index (κ3) is 3.43. The number of hydrogen-bond donors (Lipinski definition) is 3. The fourth-order valence-electron chi connectivity index (χ4n) is 4.47. The van der Waals surface area contributed by atoms with E-state index in [4.69, 9.17) is 17.3 Å². The standard InChI is InChI=1S/C21H29ClN4O/c1-3-5-15(4-2)24-16-10-14(22)8-13-9-17(25-19(13)16)20(27)26-7-6-21(12-26)11-18(21)23/h8-10,15,18,24-25H,3-7,11-12,23H2,1-2H3/t15?,18?,21-/m1/s1. The number of anilines is 1. The summed E-state index contributed by atoms with van der Waals surface area (Å²) in [6.45, 7) is 5.95. The molecule has 0 radical (unpaired) electrons. The Balaban J connectivity index is 1.60. The highest BCUT2D eigenvalue weighted by Crippen LogP contribution is 2.51. The highest BCUT2D eigenvalue weighted by molar-refractivity contribution is 6.32. The Morgan fingerprint density at radius 1 is 1.44 bits per heavy atom. The number of rotatable bonds is 6. The molecule has 1 amide bonds. The second kappa shape index (κ2) is 7.02. The first kappa shape index (κ1) is 18.6. The lowest BCUT2D eigenvalue weighted by Gasteiger charge is -2.18. The summed E-state index contributed by atoms with van der Waals surface area (Å²) in [4.78, 5) is 18.3. The van der Waals surface area contributed by atoms with Gasteiger partial charge in [0.05, 0.1) is 11.2 Å². The molecule has 0 bridgehead atoms. The van der Waals surface area contributed by atoms with Crippen LogP contribution in [0.1, 0.15) is 56.4 Å². The zero-order chi connectivity index (χ0) is 19.2. The third-order valence-electron chi connectivity index (χ3n) is 6.34. The minimum absolute atomic E-state index is 0.0600. The van der Waals surface area contributed by atoms with Crippen molar-refractivity contribution < 1.29 is 4.79 Å². The van der Waals surface area contributed by atoms with Crippen molar-refractivity contribution in [2.75, 3.05) is 18.4 Å². The van der Waals surface area contributed by atoms with Crippen molar-refractivity contribution in [1.29, 1.82) is 0 Å². The van der Waals surface area contributed by atoms with Gasteiger partial charge in [0.2, 0.25) is 0 Å². The van der Waals surface area contributed by atoms with E-state index in [1.165, 1.54) is 0 Å². The number of nitrogens with one attached hydrogen (secondary N) is 2. The number of nitrogens with zero attached hydrogens (tertiary/aromatic N) is 1. The van der Waals surface area contributed by atoms with Crippen molar-refractivity contribution in [3.63, 3.8) is 0 Å². The largest absolute Gasteiger partial charge is 0.381 e. The normalized spacial score (nSPS) is 25.3. The molecule has 1 saturated heterocycles. The van der Waals surface area contributed by atoms with E-state index < -0.39 is 0 Å². The molecule has 146 valence electrons. The molecular formula is C21H29ClN4O. The van der Waals surface area contributed by atoms with Crippen LogP contribution < -0.4 is 11.1 Å². The summed E-state index contributed by atoms with van der Waals surface area (Å²) in [7, 11) is 0. The lowest BCUT2D eigenvalue weighted by molar-refractivity contribution is 0.0780. The molecule has 2 fully saturated rings. The Kier molecular flexibility index (Phi) is 4.85. The maximum Gasteiger partial charge on any atom is 0.270 e. The summed E-state index contributed by atoms with van der Waals surface area (Å²) in [6, 6.07) is 6.44. The summed E-state index contributed by atoms with van der Waals surface area (Å²) >= 11 is 6.34. The first-order valence-corrected chi connectivity index (χ1v) is 10.5. The van der Waals surface area contributed by atoms with Gasteiger partial charge in [-0.05, 0) is 43.9 Å². The minimum atomic E-state index is 0.0600. The maximum absolute atomic E-state index is 13.0. The van der Waals surface area contributed by atoms with E-state index >= 15 is 0 Å². The third-order valence-corrected chi connectivity index (χ3v) is 6.56. The summed E-state index contributed by atoms with van der Waals surface area (Å²) in [5.74, 6) is 0.0600. The predicted octanol–water partition coefficient (Wildman–Crippen LogP) is 4.38. The van der Waals surface area contributed by atoms with Crippen LogP contribution in [-0.4, -0.2) is 41.0 Å². The van der Waals surface area contributed by atoms with E-state index in [0.717, 1.165) is 61.8 Å². The molecule has 5 nitrogen and oxygen atoms in total. The highest BCUT2D eigenvalue weighted by atomic mass is 35.5. The molecule has 1 aliphatic heterocycles. The number of nitrogens with two attached hydrogens (primary N) is 1. The molecule has 6 heteroatoms. The smallest absolute Gasteiger partial charge is 0.270 e. The molecule has 1 aliphatic carbocycles. The summed E-state index contributed by atoms with van der Waals surface area (Å²) in [6.07, 6.45) is 5.34. The van der Waals surface area contributed by atoms with Gasteiger partial charge in [-0.15, -0.1) is 0 Å². The van der Waals surface area contributed by atoms with Gasteiger partial charge >= 0.3 is 0 Å². The molecule has 2 aromatic rings. The minimum Gasteiger partial charge on any atom is -0.381 e.